The van der Waals surface area contributed by atoms with Crippen LogP contribution >= 0.6 is 0 Å². The number of nitrogens with one attached hydrogen (secondary N) is 2. The number of hydrogen-bond acceptors (Lipinski definition) is 6. The van der Waals surface area contributed by atoms with Gasteiger partial charge in [-0.3, -0.25) is 19.6 Å². The lowest BCUT2D eigenvalue weighted by Gasteiger charge is -2.40. The van der Waals surface area contributed by atoms with Gasteiger partial charge >= 0.3 is 5.69 Å². The van der Waals surface area contributed by atoms with E-state index in [0.29, 0.717) is 17.7 Å². The molecule has 0 bridgehead atoms. The molecule has 3 aliphatic rings. The van der Waals surface area contributed by atoms with Crippen molar-refractivity contribution in [2.45, 2.75) is 45.1 Å². The average molecular weight is 431 g/mol. The smallest absolute Gasteiger partial charge is 0.328 e. The van der Waals surface area contributed by atoms with Gasteiger partial charge in [-0.05, 0) is 44.4 Å². The predicted molar refractivity (Wildman–Crippen MR) is 117 cm³/mol. The number of ether oxygens (including phenoxy) is 1. The summed E-state index contributed by atoms with van der Waals surface area (Å²) in [5, 5.41) is 10.1. The molecule has 0 saturated heterocycles. The fourth-order valence-corrected chi connectivity index (χ4v) is 5.31. The minimum Gasteiger partial charge on any atom is -0.423 e. The molecule has 0 aliphatic carbocycles. The number of benzene rings is 1. The quantitative estimate of drug-likeness (QED) is 0.624. The van der Waals surface area contributed by atoms with Gasteiger partial charge in [0.15, 0.2) is 5.41 Å². The molecule has 1 amide bonds. The number of allylic oxidation sites excluding steroid dienone is 1. The normalized spacial score (nSPS) is 22.3. The van der Waals surface area contributed by atoms with Crippen molar-refractivity contribution in [1.29, 1.82) is 5.26 Å². The second-order valence-corrected chi connectivity index (χ2v) is 8.83. The monoisotopic (exact) mass is 431 g/mol. The zero-order valence-electron chi connectivity index (χ0n) is 18.0. The van der Waals surface area contributed by atoms with Gasteiger partial charge in [0.25, 0.3) is 5.56 Å². The number of carbonyl (C=O) groups excluding carboxylic acids is 1. The van der Waals surface area contributed by atoms with Crippen LogP contribution in [0.3, 0.4) is 0 Å². The molecule has 0 radical (unpaired) electrons. The van der Waals surface area contributed by atoms with Crippen LogP contribution in [0.2, 0.25) is 0 Å². The number of hydrogen-bond donors (Lipinski definition) is 3. The third-order valence-corrected chi connectivity index (χ3v) is 6.53. The maximum absolute atomic E-state index is 14.3. The van der Waals surface area contributed by atoms with Gasteiger partial charge in [0.05, 0.1) is 11.2 Å². The van der Waals surface area contributed by atoms with Crippen LogP contribution in [0.5, 0.6) is 5.88 Å². The molecule has 4 N–H and O–H groups in total. The second kappa shape index (κ2) is 6.01. The standard InChI is InChI=1S/C23H21N5O4/c1-5-11-6-12-10(2)8-22(3,4)28-16(12)13(7-11)23(20(28)30)14(9-24)17(25)32-19-15(23)18(29)26-21(31)27-19/h6-8H,5,25H2,1-4H3,(H2,26,27,29,31)/t23-/m1/s1. The molecule has 1 atom stereocenters. The minimum absolute atomic E-state index is 0.147. The Labute approximate surface area is 182 Å². The molecule has 0 saturated carbocycles. The number of carbonyl (C=O) groups is 1. The lowest BCUT2D eigenvalue weighted by atomic mass is 9.69. The third kappa shape index (κ3) is 2.13. The molecule has 3 aliphatic heterocycles. The lowest BCUT2D eigenvalue weighted by Crippen LogP contribution is -2.54. The molecule has 2 aromatic rings. The largest absolute Gasteiger partial charge is 0.423 e. The van der Waals surface area contributed by atoms with Crippen LogP contribution in [0.1, 0.15) is 49.9 Å². The Hall–Kier alpha value is -4.06. The van der Waals surface area contributed by atoms with Crippen molar-refractivity contribution in [2.75, 3.05) is 4.90 Å². The first kappa shape index (κ1) is 19.9. The number of anilines is 1. The average Bonchev–Trinajstić information content (AvgIpc) is 2.95. The molecular formula is C23H21N5O4. The summed E-state index contributed by atoms with van der Waals surface area (Å²) in [6.07, 6.45) is 2.67. The van der Waals surface area contributed by atoms with Crippen molar-refractivity contribution >= 4 is 17.2 Å². The number of amides is 1. The summed E-state index contributed by atoms with van der Waals surface area (Å²) >= 11 is 0. The molecule has 1 aromatic heterocycles. The van der Waals surface area contributed by atoms with Gasteiger partial charge in [0.2, 0.25) is 17.7 Å². The van der Waals surface area contributed by atoms with Crippen molar-refractivity contribution in [3.8, 4) is 11.9 Å². The van der Waals surface area contributed by atoms with Gasteiger partial charge < -0.3 is 15.4 Å². The van der Waals surface area contributed by atoms with E-state index in [9.17, 15) is 19.6 Å². The van der Waals surface area contributed by atoms with Crippen molar-refractivity contribution in [3.05, 3.63) is 72.8 Å². The summed E-state index contributed by atoms with van der Waals surface area (Å²) in [4.78, 5) is 45.7. The highest BCUT2D eigenvalue weighted by Gasteiger charge is 2.64. The van der Waals surface area contributed by atoms with Crippen LogP contribution in [0, 0.1) is 11.3 Å². The van der Waals surface area contributed by atoms with Crippen molar-refractivity contribution in [1.82, 2.24) is 9.97 Å². The van der Waals surface area contributed by atoms with E-state index in [2.05, 4.69) is 9.97 Å². The van der Waals surface area contributed by atoms with E-state index in [0.717, 1.165) is 16.7 Å². The fourth-order valence-electron chi connectivity index (χ4n) is 5.31. The Balaban J connectivity index is 2.05. The second-order valence-electron chi connectivity index (χ2n) is 8.83. The lowest BCUT2D eigenvalue weighted by molar-refractivity contribution is -0.121. The Kier molecular flexibility index (Phi) is 3.73. The van der Waals surface area contributed by atoms with Gasteiger partial charge in [-0.25, -0.2) is 4.79 Å². The van der Waals surface area contributed by atoms with E-state index in [1.165, 1.54) is 0 Å². The highest BCUT2D eigenvalue weighted by atomic mass is 16.5. The van der Waals surface area contributed by atoms with Gasteiger partial charge in [0.1, 0.15) is 17.2 Å². The third-order valence-electron chi connectivity index (χ3n) is 6.53. The molecule has 1 aromatic carbocycles. The summed E-state index contributed by atoms with van der Waals surface area (Å²) in [6, 6.07) is 5.89. The van der Waals surface area contributed by atoms with Crippen molar-refractivity contribution in [3.63, 3.8) is 0 Å². The van der Waals surface area contributed by atoms with E-state index in [-0.39, 0.29) is 22.9 Å². The summed E-state index contributed by atoms with van der Waals surface area (Å²) in [6.45, 7) is 7.75. The maximum atomic E-state index is 14.3. The molecule has 1 spiro atoms. The highest BCUT2D eigenvalue weighted by molar-refractivity contribution is 6.17. The Morgan fingerprint density at radius 1 is 1.22 bits per heavy atom. The Morgan fingerprint density at radius 2 is 1.94 bits per heavy atom. The molecule has 0 fully saturated rings. The topological polar surface area (TPSA) is 145 Å². The first-order valence-electron chi connectivity index (χ1n) is 10.2. The molecule has 0 unspecified atom stereocenters. The molecule has 162 valence electrons. The summed E-state index contributed by atoms with van der Waals surface area (Å²) in [7, 11) is 0. The van der Waals surface area contributed by atoms with Crippen LogP contribution in [0.25, 0.3) is 5.57 Å². The number of rotatable bonds is 1. The number of nitrogens with zero attached hydrogens (tertiary/aromatic N) is 2. The fraction of sp³-hybridized carbons (Fsp3) is 0.304. The van der Waals surface area contributed by atoms with E-state index in [1.807, 2.05) is 52.0 Å². The van der Waals surface area contributed by atoms with E-state index < -0.39 is 28.1 Å². The minimum atomic E-state index is -1.84. The van der Waals surface area contributed by atoms with Gasteiger partial charge in [-0.2, -0.15) is 5.26 Å². The summed E-state index contributed by atoms with van der Waals surface area (Å²) in [5.74, 6) is -1.05. The number of aromatic nitrogens is 2. The van der Waals surface area contributed by atoms with Crippen LogP contribution in [0.15, 0.2) is 39.3 Å². The summed E-state index contributed by atoms with van der Waals surface area (Å²) < 4.78 is 5.47. The summed E-state index contributed by atoms with van der Waals surface area (Å²) in [5.41, 5.74) is 5.49. The van der Waals surface area contributed by atoms with Gasteiger partial charge in [-0.15, -0.1) is 0 Å². The predicted octanol–water partition coefficient (Wildman–Crippen LogP) is 1.54. The van der Waals surface area contributed by atoms with Gasteiger partial charge in [-0.1, -0.05) is 19.1 Å². The van der Waals surface area contributed by atoms with E-state index in [4.69, 9.17) is 10.5 Å². The molecule has 5 rings (SSSR count). The Morgan fingerprint density at radius 3 is 2.59 bits per heavy atom. The first-order chi connectivity index (χ1) is 15.1. The number of aryl methyl sites for hydroxylation is 1. The van der Waals surface area contributed by atoms with E-state index >= 15 is 0 Å². The Bertz CT molecular complexity index is 1470. The number of fused-ring (bicyclic) bond motifs is 3. The van der Waals surface area contributed by atoms with E-state index in [1.54, 1.807) is 4.90 Å². The van der Waals surface area contributed by atoms with Crippen molar-refractivity contribution < 1.29 is 9.53 Å². The van der Waals surface area contributed by atoms with Crippen LogP contribution < -0.4 is 26.6 Å². The molecule has 4 heterocycles. The zero-order valence-corrected chi connectivity index (χ0v) is 18.0. The van der Waals surface area contributed by atoms with Crippen LogP contribution in [0.4, 0.5) is 5.69 Å². The molecular weight excluding hydrogens is 410 g/mol. The van der Waals surface area contributed by atoms with Gasteiger partial charge in [0, 0.05) is 11.1 Å². The number of nitrogens with two attached hydrogens (primary N) is 1. The number of aromatic amines is 2. The van der Waals surface area contributed by atoms with Crippen LogP contribution in [-0.4, -0.2) is 21.4 Å². The molecule has 32 heavy (non-hydrogen) atoms. The zero-order chi connectivity index (χ0) is 23.2. The number of nitriles is 1. The SMILES string of the molecule is CCc1cc2c3c(c1)[C@@]1(C(=O)N3C(C)(C)C=C2C)C(C#N)=C(N)Oc2[nH]c(=O)[nH]c(=O)c21. The maximum Gasteiger partial charge on any atom is 0.328 e. The molecule has 9 heteroatoms. The first-order valence-corrected chi connectivity index (χ1v) is 10.2. The number of H-pyrrole nitrogens is 2. The van der Waals surface area contributed by atoms with Crippen molar-refractivity contribution in [2.24, 2.45) is 5.73 Å². The molecule has 9 nitrogen and oxygen atoms in total. The highest BCUT2D eigenvalue weighted by Crippen LogP contribution is 2.58. The van der Waals surface area contributed by atoms with Crippen LogP contribution in [-0.2, 0) is 16.6 Å².